The van der Waals surface area contributed by atoms with Crippen LogP contribution in [0.25, 0.3) is 22.3 Å². The zero-order valence-corrected chi connectivity index (χ0v) is 22.7. The van der Waals surface area contributed by atoms with E-state index in [0.29, 0.717) is 0 Å². The number of benzene rings is 4. The van der Waals surface area contributed by atoms with Crippen LogP contribution in [-0.4, -0.2) is 25.6 Å². The number of rotatable bonds is 7. The SMILES string of the molecule is CN(c1c(CCS)ccc2c1Cc1ccccc1-2)N(C)c1c(CCS)ccc2c1Cc1ccccc1-2. The molecule has 0 saturated carbocycles. The molecular formula is C32H32N2S2. The van der Waals surface area contributed by atoms with E-state index in [2.05, 4.69) is 122 Å². The van der Waals surface area contributed by atoms with Crippen molar-refractivity contribution in [2.45, 2.75) is 25.7 Å². The van der Waals surface area contributed by atoms with Crippen molar-refractivity contribution in [1.29, 1.82) is 0 Å². The fourth-order valence-corrected chi connectivity index (χ4v) is 6.72. The van der Waals surface area contributed by atoms with Crippen molar-refractivity contribution in [2.75, 3.05) is 35.6 Å². The summed E-state index contributed by atoms with van der Waals surface area (Å²) in [5.74, 6) is 1.66. The zero-order valence-electron chi connectivity index (χ0n) is 21.0. The van der Waals surface area contributed by atoms with Crippen molar-refractivity contribution in [3.63, 3.8) is 0 Å². The number of hydrogen-bond acceptors (Lipinski definition) is 4. The van der Waals surface area contributed by atoms with Gasteiger partial charge in [-0.05, 0) is 80.0 Å². The van der Waals surface area contributed by atoms with Gasteiger partial charge < -0.3 is 0 Å². The summed E-state index contributed by atoms with van der Waals surface area (Å²) in [5.41, 5.74) is 16.5. The maximum absolute atomic E-state index is 4.61. The molecule has 0 N–H and O–H groups in total. The summed E-state index contributed by atoms with van der Waals surface area (Å²) in [7, 11) is 4.46. The minimum absolute atomic E-state index is 0.831. The van der Waals surface area contributed by atoms with Crippen LogP contribution in [0.3, 0.4) is 0 Å². The summed E-state index contributed by atoms with van der Waals surface area (Å²) in [6.07, 6.45) is 3.84. The van der Waals surface area contributed by atoms with Gasteiger partial charge >= 0.3 is 0 Å². The first-order chi connectivity index (χ1) is 17.6. The van der Waals surface area contributed by atoms with E-state index in [0.717, 1.165) is 37.2 Å². The average Bonchev–Trinajstić information content (AvgIpc) is 3.46. The Bertz CT molecular complexity index is 1350. The van der Waals surface area contributed by atoms with Crippen LogP contribution < -0.4 is 10.0 Å². The summed E-state index contributed by atoms with van der Waals surface area (Å²) in [6.45, 7) is 0. The third-order valence-corrected chi connectivity index (χ3v) is 8.39. The van der Waals surface area contributed by atoms with Crippen LogP contribution >= 0.6 is 25.3 Å². The van der Waals surface area contributed by atoms with E-state index in [1.165, 1.54) is 67.0 Å². The fraction of sp³-hybridized carbons (Fsp3) is 0.250. The number of hydrazine groups is 1. The van der Waals surface area contributed by atoms with Gasteiger partial charge in [-0.3, -0.25) is 10.0 Å². The first-order valence-corrected chi connectivity index (χ1v) is 14.0. The molecule has 0 atom stereocenters. The Morgan fingerprint density at radius 1 is 0.556 bits per heavy atom. The highest BCUT2D eigenvalue weighted by molar-refractivity contribution is 7.80. The smallest absolute Gasteiger partial charge is 0.0644 e. The second kappa shape index (κ2) is 9.57. The lowest BCUT2D eigenvalue weighted by atomic mass is 9.98. The molecule has 2 nitrogen and oxygen atoms in total. The topological polar surface area (TPSA) is 6.48 Å². The number of aryl methyl sites for hydroxylation is 2. The molecule has 0 spiro atoms. The predicted molar refractivity (Wildman–Crippen MR) is 161 cm³/mol. The highest BCUT2D eigenvalue weighted by Gasteiger charge is 2.29. The summed E-state index contributed by atoms with van der Waals surface area (Å²) < 4.78 is 0. The molecule has 6 rings (SSSR count). The molecule has 0 fully saturated rings. The normalized spacial score (nSPS) is 12.7. The van der Waals surface area contributed by atoms with Crippen molar-refractivity contribution >= 4 is 36.6 Å². The third-order valence-electron chi connectivity index (χ3n) is 7.94. The summed E-state index contributed by atoms with van der Waals surface area (Å²) >= 11 is 9.22. The molecule has 0 radical (unpaired) electrons. The molecule has 0 aromatic heterocycles. The van der Waals surface area contributed by atoms with Crippen molar-refractivity contribution in [2.24, 2.45) is 0 Å². The number of nitrogens with zero attached hydrogens (tertiary/aromatic N) is 2. The van der Waals surface area contributed by atoms with Crippen LogP contribution in [0.15, 0.2) is 72.8 Å². The molecule has 2 aliphatic rings. The van der Waals surface area contributed by atoms with E-state index in [1.54, 1.807) is 0 Å². The van der Waals surface area contributed by atoms with Gasteiger partial charge in [-0.2, -0.15) is 25.3 Å². The van der Waals surface area contributed by atoms with Crippen LogP contribution in [0, 0.1) is 0 Å². The molecule has 4 aromatic carbocycles. The van der Waals surface area contributed by atoms with E-state index in [-0.39, 0.29) is 0 Å². The van der Waals surface area contributed by atoms with Gasteiger partial charge in [0.2, 0.25) is 0 Å². The van der Waals surface area contributed by atoms with Gasteiger partial charge in [0.15, 0.2) is 0 Å². The molecular weight excluding hydrogens is 477 g/mol. The van der Waals surface area contributed by atoms with Gasteiger partial charge in [0.1, 0.15) is 0 Å². The van der Waals surface area contributed by atoms with Crippen molar-refractivity contribution in [3.8, 4) is 22.3 Å². The van der Waals surface area contributed by atoms with Crippen LogP contribution in [-0.2, 0) is 25.7 Å². The summed E-state index contributed by atoms with van der Waals surface area (Å²) in [4.78, 5) is 0. The van der Waals surface area contributed by atoms with Gasteiger partial charge in [-0.15, -0.1) is 0 Å². The molecule has 0 bridgehead atoms. The Hall–Kier alpha value is -2.82. The van der Waals surface area contributed by atoms with E-state index < -0.39 is 0 Å². The Balaban J connectivity index is 1.49. The molecule has 0 saturated heterocycles. The van der Waals surface area contributed by atoms with Crippen LogP contribution in [0.2, 0.25) is 0 Å². The molecule has 2 aliphatic carbocycles. The van der Waals surface area contributed by atoms with Crippen LogP contribution in [0.4, 0.5) is 11.4 Å². The molecule has 182 valence electrons. The van der Waals surface area contributed by atoms with E-state index in [9.17, 15) is 0 Å². The Morgan fingerprint density at radius 2 is 0.972 bits per heavy atom. The molecule has 36 heavy (non-hydrogen) atoms. The van der Waals surface area contributed by atoms with Gasteiger partial charge in [0.05, 0.1) is 11.4 Å². The molecule has 4 aromatic rings. The molecule has 0 aliphatic heterocycles. The highest BCUT2D eigenvalue weighted by Crippen LogP contribution is 2.46. The quantitative estimate of drug-likeness (QED) is 0.173. The molecule has 0 unspecified atom stereocenters. The van der Waals surface area contributed by atoms with Gasteiger partial charge in [0, 0.05) is 26.9 Å². The third kappa shape index (κ3) is 3.74. The largest absolute Gasteiger partial charge is 0.288 e. The maximum Gasteiger partial charge on any atom is 0.0644 e. The number of fused-ring (bicyclic) bond motifs is 6. The number of anilines is 2. The van der Waals surface area contributed by atoms with E-state index in [1.807, 2.05) is 0 Å². The lowest BCUT2D eigenvalue weighted by Crippen LogP contribution is -2.39. The van der Waals surface area contributed by atoms with E-state index >= 15 is 0 Å². The molecule has 0 heterocycles. The Labute approximate surface area is 225 Å². The van der Waals surface area contributed by atoms with E-state index in [4.69, 9.17) is 0 Å². The standard InChI is InChI=1S/C32H32N2S2/c1-33(31-21(15-17-35)11-13-27-25-9-5-3-7-23(25)19-29(27)31)34(2)32-22(16-18-36)12-14-28-26-10-6-4-8-24(26)20-30(28)32/h3-14,35-36H,15-20H2,1-2H3. The number of hydrogen-bond donors (Lipinski definition) is 2. The van der Waals surface area contributed by atoms with Crippen molar-refractivity contribution in [3.05, 3.63) is 106 Å². The van der Waals surface area contributed by atoms with Gasteiger partial charge in [-0.25, -0.2) is 0 Å². The molecule has 4 heteroatoms. The van der Waals surface area contributed by atoms with Crippen molar-refractivity contribution in [1.82, 2.24) is 0 Å². The van der Waals surface area contributed by atoms with Gasteiger partial charge in [-0.1, -0.05) is 72.8 Å². The highest BCUT2D eigenvalue weighted by atomic mass is 32.1. The Morgan fingerprint density at radius 3 is 1.39 bits per heavy atom. The molecule has 0 amide bonds. The first kappa shape index (κ1) is 23.6. The van der Waals surface area contributed by atoms with Crippen molar-refractivity contribution < 1.29 is 0 Å². The monoisotopic (exact) mass is 508 g/mol. The minimum Gasteiger partial charge on any atom is -0.288 e. The fourth-order valence-electron chi connectivity index (χ4n) is 6.24. The lowest BCUT2D eigenvalue weighted by molar-refractivity contribution is 0.858. The summed E-state index contributed by atoms with van der Waals surface area (Å²) in [6, 6.07) is 27.0. The second-order valence-electron chi connectivity index (χ2n) is 9.86. The summed E-state index contributed by atoms with van der Waals surface area (Å²) in [5, 5.41) is 4.79. The van der Waals surface area contributed by atoms with Gasteiger partial charge in [0.25, 0.3) is 0 Å². The first-order valence-electron chi connectivity index (χ1n) is 12.8. The second-order valence-corrected chi connectivity index (χ2v) is 10.8. The predicted octanol–water partition coefficient (Wildman–Crippen LogP) is 7.26. The Kier molecular flexibility index (Phi) is 6.27. The van der Waals surface area contributed by atoms with Crippen LogP contribution in [0.5, 0.6) is 0 Å². The van der Waals surface area contributed by atoms with Crippen LogP contribution in [0.1, 0.15) is 33.4 Å². The maximum atomic E-state index is 4.61. The minimum atomic E-state index is 0.831. The lowest BCUT2D eigenvalue weighted by Gasteiger charge is -2.37. The zero-order chi connectivity index (χ0) is 24.8. The average molecular weight is 509 g/mol. The number of thiol groups is 2.